The number of rotatable bonds is 2. The van der Waals surface area contributed by atoms with E-state index < -0.39 is 0 Å². The van der Waals surface area contributed by atoms with Crippen molar-refractivity contribution in [2.75, 3.05) is 31.2 Å². The van der Waals surface area contributed by atoms with Crippen LogP contribution in [0.25, 0.3) is 0 Å². The Hall–Kier alpha value is -1.53. The van der Waals surface area contributed by atoms with Crippen molar-refractivity contribution in [2.24, 2.45) is 0 Å². The predicted octanol–water partition coefficient (Wildman–Crippen LogP) is 2.86. The van der Waals surface area contributed by atoms with Gasteiger partial charge in [0.2, 0.25) is 0 Å². The van der Waals surface area contributed by atoms with Gasteiger partial charge in [0.1, 0.15) is 0 Å². The van der Waals surface area contributed by atoms with Crippen LogP contribution in [0.2, 0.25) is 0 Å². The van der Waals surface area contributed by atoms with Gasteiger partial charge in [-0.1, -0.05) is 25.0 Å². The topological polar surface area (TPSA) is 36.3 Å². The van der Waals surface area contributed by atoms with Crippen molar-refractivity contribution in [3.63, 3.8) is 0 Å². The first-order valence-electron chi connectivity index (χ1n) is 7.19. The summed E-state index contributed by atoms with van der Waals surface area (Å²) in [7, 11) is 0. The SMILES string of the molecule is N#CC1(c2ccc(N3CCOCC3)cc2)CCCC1. The van der Waals surface area contributed by atoms with E-state index in [9.17, 15) is 5.26 Å². The molecule has 1 saturated heterocycles. The summed E-state index contributed by atoms with van der Waals surface area (Å²) in [5.41, 5.74) is 2.23. The highest BCUT2D eigenvalue weighted by Crippen LogP contribution is 2.40. The number of nitriles is 1. The molecule has 100 valence electrons. The second kappa shape index (κ2) is 5.22. The lowest BCUT2D eigenvalue weighted by molar-refractivity contribution is 0.122. The van der Waals surface area contributed by atoms with E-state index >= 15 is 0 Å². The van der Waals surface area contributed by atoms with Crippen LogP contribution in [0.1, 0.15) is 31.2 Å². The molecule has 0 N–H and O–H groups in total. The third-order valence-corrected chi connectivity index (χ3v) is 4.47. The Labute approximate surface area is 114 Å². The van der Waals surface area contributed by atoms with Gasteiger partial charge < -0.3 is 9.64 Å². The number of hydrogen-bond donors (Lipinski definition) is 0. The molecule has 19 heavy (non-hydrogen) atoms. The van der Waals surface area contributed by atoms with E-state index in [1.54, 1.807) is 0 Å². The minimum absolute atomic E-state index is 0.219. The highest BCUT2D eigenvalue weighted by atomic mass is 16.5. The van der Waals surface area contributed by atoms with Crippen LogP contribution < -0.4 is 4.90 Å². The highest BCUT2D eigenvalue weighted by molar-refractivity contribution is 5.50. The van der Waals surface area contributed by atoms with Gasteiger partial charge in [0.25, 0.3) is 0 Å². The van der Waals surface area contributed by atoms with E-state index in [2.05, 4.69) is 35.2 Å². The quantitative estimate of drug-likeness (QED) is 0.816. The lowest BCUT2D eigenvalue weighted by atomic mass is 9.80. The normalized spacial score (nSPS) is 22.2. The van der Waals surface area contributed by atoms with Crippen molar-refractivity contribution in [3.05, 3.63) is 29.8 Å². The van der Waals surface area contributed by atoms with Crippen molar-refractivity contribution in [2.45, 2.75) is 31.1 Å². The smallest absolute Gasteiger partial charge is 0.0822 e. The summed E-state index contributed by atoms with van der Waals surface area (Å²) in [4.78, 5) is 2.35. The second-order valence-electron chi connectivity index (χ2n) is 5.55. The summed E-state index contributed by atoms with van der Waals surface area (Å²) < 4.78 is 5.37. The van der Waals surface area contributed by atoms with Crippen molar-refractivity contribution in [1.29, 1.82) is 5.26 Å². The lowest BCUT2D eigenvalue weighted by Crippen LogP contribution is -2.36. The Kier molecular flexibility index (Phi) is 3.44. The zero-order valence-corrected chi connectivity index (χ0v) is 11.3. The molecule has 1 saturated carbocycles. The number of morpholine rings is 1. The Morgan fingerprint density at radius 3 is 2.26 bits per heavy atom. The third-order valence-electron chi connectivity index (χ3n) is 4.47. The highest BCUT2D eigenvalue weighted by Gasteiger charge is 2.35. The van der Waals surface area contributed by atoms with Crippen LogP contribution in [-0.4, -0.2) is 26.3 Å². The molecule has 0 spiro atoms. The van der Waals surface area contributed by atoms with Crippen LogP contribution in [0.15, 0.2) is 24.3 Å². The number of nitrogens with zero attached hydrogens (tertiary/aromatic N) is 2. The van der Waals surface area contributed by atoms with Crippen LogP contribution in [0.5, 0.6) is 0 Å². The number of anilines is 1. The average molecular weight is 256 g/mol. The third kappa shape index (κ3) is 2.33. The zero-order valence-electron chi connectivity index (χ0n) is 11.3. The molecule has 3 nitrogen and oxygen atoms in total. The molecule has 0 bridgehead atoms. The van der Waals surface area contributed by atoms with Gasteiger partial charge in [0.05, 0.1) is 24.7 Å². The Morgan fingerprint density at radius 1 is 1.05 bits per heavy atom. The van der Waals surface area contributed by atoms with E-state index in [1.807, 2.05) is 0 Å². The van der Waals surface area contributed by atoms with Gasteiger partial charge in [-0.15, -0.1) is 0 Å². The average Bonchev–Trinajstić information content (AvgIpc) is 2.98. The molecule has 1 aliphatic carbocycles. The predicted molar refractivity (Wildman–Crippen MR) is 75.2 cm³/mol. The largest absolute Gasteiger partial charge is 0.378 e. The molecule has 1 aromatic carbocycles. The molecule has 1 heterocycles. The van der Waals surface area contributed by atoms with Crippen LogP contribution in [0, 0.1) is 11.3 Å². The maximum absolute atomic E-state index is 9.51. The summed E-state index contributed by atoms with van der Waals surface area (Å²) in [6.07, 6.45) is 4.39. The first-order valence-corrected chi connectivity index (χ1v) is 7.19. The minimum atomic E-state index is -0.219. The molecular formula is C16H20N2O. The van der Waals surface area contributed by atoms with E-state index in [0.29, 0.717) is 0 Å². The van der Waals surface area contributed by atoms with Crippen molar-refractivity contribution in [1.82, 2.24) is 0 Å². The summed E-state index contributed by atoms with van der Waals surface area (Å²) in [6.45, 7) is 3.54. The van der Waals surface area contributed by atoms with Gasteiger partial charge in [-0.05, 0) is 30.5 Å². The first-order chi connectivity index (χ1) is 9.34. The van der Waals surface area contributed by atoms with Gasteiger partial charge in [-0.25, -0.2) is 0 Å². The van der Waals surface area contributed by atoms with E-state index in [0.717, 1.165) is 39.1 Å². The van der Waals surface area contributed by atoms with E-state index in [4.69, 9.17) is 4.74 Å². The van der Waals surface area contributed by atoms with Gasteiger partial charge in [-0.3, -0.25) is 0 Å². The molecule has 0 radical (unpaired) electrons. The molecule has 2 aliphatic rings. The summed E-state index contributed by atoms with van der Waals surface area (Å²) >= 11 is 0. The Bertz CT molecular complexity index is 463. The second-order valence-corrected chi connectivity index (χ2v) is 5.55. The molecule has 1 aliphatic heterocycles. The molecule has 0 amide bonds. The minimum Gasteiger partial charge on any atom is -0.378 e. The first kappa shape index (κ1) is 12.5. The van der Waals surface area contributed by atoms with Crippen LogP contribution in [0.3, 0.4) is 0 Å². The Balaban J connectivity index is 1.80. The maximum Gasteiger partial charge on any atom is 0.0822 e. The lowest BCUT2D eigenvalue weighted by Gasteiger charge is -2.29. The molecule has 2 fully saturated rings. The molecule has 0 atom stereocenters. The fraction of sp³-hybridized carbons (Fsp3) is 0.562. The summed E-state index contributed by atoms with van der Waals surface area (Å²) in [6, 6.07) is 11.2. The van der Waals surface area contributed by atoms with Crippen molar-refractivity contribution < 1.29 is 4.74 Å². The number of hydrogen-bond acceptors (Lipinski definition) is 3. The van der Waals surface area contributed by atoms with Crippen molar-refractivity contribution in [3.8, 4) is 6.07 Å². The molecule has 0 aromatic heterocycles. The van der Waals surface area contributed by atoms with Crippen molar-refractivity contribution >= 4 is 5.69 Å². The van der Waals surface area contributed by atoms with Crippen LogP contribution in [0.4, 0.5) is 5.69 Å². The van der Waals surface area contributed by atoms with E-state index in [1.165, 1.54) is 24.1 Å². The van der Waals surface area contributed by atoms with Gasteiger partial charge in [0, 0.05) is 18.8 Å². The van der Waals surface area contributed by atoms with Gasteiger partial charge >= 0.3 is 0 Å². The zero-order chi connectivity index (χ0) is 13.1. The van der Waals surface area contributed by atoms with Crippen LogP contribution >= 0.6 is 0 Å². The standard InChI is InChI=1S/C16H20N2O/c17-13-16(7-1-2-8-16)14-3-5-15(6-4-14)18-9-11-19-12-10-18/h3-6H,1-2,7-12H2. The molecule has 1 aromatic rings. The fourth-order valence-electron chi connectivity index (χ4n) is 3.26. The fourth-order valence-corrected chi connectivity index (χ4v) is 3.26. The maximum atomic E-state index is 9.51. The molecule has 3 rings (SSSR count). The Morgan fingerprint density at radius 2 is 1.68 bits per heavy atom. The monoisotopic (exact) mass is 256 g/mol. The van der Waals surface area contributed by atoms with Gasteiger partial charge in [-0.2, -0.15) is 5.26 Å². The summed E-state index contributed by atoms with van der Waals surface area (Å²) in [5.74, 6) is 0. The van der Waals surface area contributed by atoms with Gasteiger partial charge in [0.15, 0.2) is 0 Å². The number of benzene rings is 1. The summed E-state index contributed by atoms with van der Waals surface area (Å²) in [5, 5.41) is 9.51. The van der Waals surface area contributed by atoms with E-state index in [-0.39, 0.29) is 5.41 Å². The molecule has 0 unspecified atom stereocenters. The van der Waals surface area contributed by atoms with Crippen LogP contribution in [-0.2, 0) is 10.2 Å². The molecular weight excluding hydrogens is 236 g/mol. The number of ether oxygens (including phenoxy) is 1. The molecule has 3 heteroatoms.